The lowest BCUT2D eigenvalue weighted by atomic mass is 10.1. The van der Waals surface area contributed by atoms with Crippen molar-refractivity contribution >= 4 is 17.2 Å². The van der Waals surface area contributed by atoms with E-state index in [-0.39, 0.29) is 0 Å². The van der Waals surface area contributed by atoms with Crippen LogP contribution in [0.15, 0.2) is 0 Å². The highest BCUT2D eigenvalue weighted by Crippen LogP contribution is 2.34. The van der Waals surface area contributed by atoms with E-state index >= 15 is 0 Å². The van der Waals surface area contributed by atoms with Crippen molar-refractivity contribution in [1.82, 2.24) is 0 Å². The van der Waals surface area contributed by atoms with Crippen LogP contribution in [0.4, 0.5) is 0 Å². The van der Waals surface area contributed by atoms with E-state index < -0.39 is 0 Å². The molecule has 0 aromatic rings. The fourth-order valence-corrected chi connectivity index (χ4v) is 6.82. The van der Waals surface area contributed by atoms with Crippen LogP contribution in [0.2, 0.25) is 0 Å². The van der Waals surface area contributed by atoms with Gasteiger partial charge < -0.3 is 0 Å². The molecule has 17 heavy (non-hydrogen) atoms. The zero-order valence-electron chi connectivity index (χ0n) is 11.3. The number of rotatable bonds is 8. The fourth-order valence-electron chi connectivity index (χ4n) is 3.48. The summed E-state index contributed by atoms with van der Waals surface area (Å²) in [5.41, 5.74) is 0. The number of hydrogen-bond donors (Lipinski definition) is 0. The molecule has 0 N–H and O–H groups in total. The molecule has 0 saturated heterocycles. The second kappa shape index (κ2) is 8.87. The standard InChI is InChI=1S/C15H30P2/c1-2-6-14(5-1)9-11-16-13-17-12-10-15-7-3-4-8-15/h14-17H,1-13H2. The Morgan fingerprint density at radius 2 is 1.06 bits per heavy atom. The first kappa shape index (κ1) is 14.3. The summed E-state index contributed by atoms with van der Waals surface area (Å²) in [6.07, 6.45) is 18.5. The van der Waals surface area contributed by atoms with Gasteiger partial charge in [0, 0.05) is 0 Å². The third-order valence-electron chi connectivity index (χ3n) is 4.66. The van der Waals surface area contributed by atoms with Crippen molar-refractivity contribution in [3.63, 3.8) is 0 Å². The molecule has 2 atom stereocenters. The molecular weight excluding hydrogens is 242 g/mol. The van der Waals surface area contributed by atoms with Crippen LogP contribution in [0.3, 0.4) is 0 Å². The molecule has 0 heterocycles. The summed E-state index contributed by atoms with van der Waals surface area (Å²) in [5, 5.41) is 0. The molecule has 0 nitrogen and oxygen atoms in total. The minimum atomic E-state index is 1.13. The Balaban J connectivity index is 1.33. The molecule has 2 unspecified atom stereocenters. The van der Waals surface area contributed by atoms with Crippen molar-refractivity contribution < 1.29 is 0 Å². The van der Waals surface area contributed by atoms with Gasteiger partial charge in [-0.2, -0.15) is 0 Å². The summed E-state index contributed by atoms with van der Waals surface area (Å²) in [4.78, 5) is 0. The molecule has 2 saturated carbocycles. The average molecular weight is 272 g/mol. The molecule has 2 rings (SSSR count). The monoisotopic (exact) mass is 272 g/mol. The van der Waals surface area contributed by atoms with Gasteiger partial charge in [0.25, 0.3) is 0 Å². The van der Waals surface area contributed by atoms with E-state index in [0.29, 0.717) is 0 Å². The maximum Gasteiger partial charge on any atom is -0.0175 e. The van der Waals surface area contributed by atoms with Gasteiger partial charge in [-0.3, -0.25) is 0 Å². The Morgan fingerprint density at radius 3 is 1.47 bits per heavy atom. The van der Waals surface area contributed by atoms with E-state index in [1.54, 1.807) is 56.8 Å². The average Bonchev–Trinajstić information content (AvgIpc) is 3.00. The van der Waals surface area contributed by atoms with Gasteiger partial charge in [-0.1, -0.05) is 51.4 Å². The molecule has 2 fully saturated rings. The fraction of sp³-hybridized carbons (Fsp3) is 1.00. The largest absolute Gasteiger partial charge is 0.118 e. The molecule has 0 aromatic heterocycles. The molecule has 0 aliphatic heterocycles. The van der Waals surface area contributed by atoms with Crippen LogP contribution in [-0.2, 0) is 0 Å². The van der Waals surface area contributed by atoms with Gasteiger partial charge in [0.05, 0.1) is 0 Å². The lowest BCUT2D eigenvalue weighted by Gasteiger charge is -2.10. The second-order valence-corrected chi connectivity index (χ2v) is 9.47. The molecular formula is C15H30P2. The molecule has 2 heteroatoms. The van der Waals surface area contributed by atoms with Crippen molar-refractivity contribution in [3.8, 4) is 0 Å². The highest BCUT2D eigenvalue weighted by molar-refractivity contribution is 7.56. The van der Waals surface area contributed by atoms with Crippen LogP contribution in [0, 0.1) is 11.8 Å². The van der Waals surface area contributed by atoms with Gasteiger partial charge in [0.2, 0.25) is 0 Å². The van der Waals surface area contributed by atoms with Crippen molar-refractivity contribution in [2.24, 2.45) is 11.8 Å². The SMILES string of the molecule is C1CCC(CCPCPCCC2CCCC2)C1. The maximum atomic E-state index is 1.57. The summed E-state index contributed by atoms with van der Waals surface area (Å²) in [5.74, 6) is 3.83. The van der Waals surface area contributed by atoms with E-state index in [0.717, 1.165) is 11.8 Å². The van der Waals surface area contributed by atoms with E-state index in [2.05, 4.69) is 0 Å². The molecule has 100 valence electrons. The molecule has 0 amide bonds. The second-order valence-electron chi connectivity index (χ2n) is 6.06. The lowest BCUT2D eigenvalue weighted by Crippen LogP contribution is -1.95. The molecule has 2 aliphatic rings. The Labute approximate surface area is 112 Å². The van der Waals surface area contributed by atoms with E-state index in [1.807, 2.05) is 0 Å². The summed E-state index contributed by atoms with van der Waals surface area (Å²) in [6, 6.07) is 0. The van der Waals surface area contributed by atoms with Gasteiger partial charge in [0.15, 0.2) is 0 Å². The Kier molecular flexibility index (Phi) is 7.45. The third kappa shape index (κ3) is 6.02. The number of hydrogen-bond acceptors (Lipinski definition) is 0. The molecule has 2 aliphatic carbocycles. The zero-order chi connectivity index (χ0) is 11.8. The van der Waals surface area contributed by atoms with Crippen LogP contribution < -0.4 is 0 Å². The van der Waals surface area contributed by atoms with E-state index in [9.17, 15) is 0 Å². The minimum absolute atomic E-state index is 1.13. The highest BCUT2D eigenvalue weighted by Gasteiger charge is 2.14. The van der Waals surface area contributed by atoms with Crippen molar-refractivity contribution in [2.75, 3.05) is 18.2 Å². The quantitative estimate of drug-likeness (QED) is 0.406. The van der Waals surface area contributed by atoms with Gasteiger partial charge >= 0.3 is 0 Å². The first-order chi connectivity index (χ1) is 8.45. The van der Waals surface area contributed by atoms with Crippen LogP contribution in [0.1, 0.15) is 64.2 Å². The predicted octanol–water partition coefficient (Wildman–Crippen LogP) is 5.46. The first-order valence-electron chi connectivity index (χ1n) is 7.86. The Morgan fingerprint density at radius 1 is 0.647 bits per heavy atom. The van der Waals surface area contributed by atoms with Gasteiger partial charge in [-0.25, -0.2) is 0 Å². The Hall–Kier alpha value is 0.860. The molecule has 0 radical (unpaired) electrons. The molecule has 0 aromatic carbocycles. The van der Waals surface area contributed by atoms with E-state index in [4.69, 9.17) is 0 Å². The van der Waals surface area contributed by atoms with Crippen molar-refractivity contribution in [1.29, 1.82) is 0 Å². The molecule has 0 spiro atoms. The normalized spacial score (nSPS) is 24.0. The van der Waals surface area contributed by atoms with Crippen LogP contribution in [0.5, 0.6) is 0 Å². The van der Waals surface area contributed by atoms with Gasteiger partial charge in [-0.15, -0.1) is 17.2 Å². The zero-order valence-corrected chi connectivity index (χ0v) is 13.3. The summed E-state index contributed by atoms with van der Waals surface area (Å²) in [6.45, 7) is 0. The minimum Gasteiger partial charge on any atom is -0.118 e. The van der Waals surface area contributed by atoms with Crippen molar-refractivity contribution in [3.05, 3.63) is 0 Å². The van der Waals surface area contributed by atoms with Crippen LogP contribution >= 0.6 is 17.2 Å². The van der Waals surface area contributed by atoms with E-state index in [1.165, 1.54) is 42.8 Å². The first-order valence-corrected chi connectivity index (χ1v) is 10.7. The van der Waals surface area contributed by atoms with Crippen LogP contribution in [-0.4, -0.2) is 18.2 Å². The predicted molar refractivity (Wildman–Crippen MR) is 84.4 cm³/mol. The smallest absolute Gasteiger partial charge is 0.0175 e. The molecule has 0 bridgehead atoms. The summed E-state index contributed by atoms with van der Waals surface area (Å²) < 4.78 is 0. The van der Waals surface area contributed by atoms with Gasteiger partial charge in [-0.05, 0) is 42.9 Å². The highest BCUT2D eigenvalue weighted by atomic mass is 31.1. The Bertz CT molecular complexity index is 161. The van der Waals surface area contributed by atoms with Gasteiger partial charge in [0.1, 0.15) is 0 Å². The maximum absolute atomic E-state index is 1.57. The third-order valence-corrected chi connectivity index (χ3v) is 7.94. The topological polar surface area (TPSA) is 0 Å². The summed E-state index contributed by atoms with van der Waals surface area (Å²) >= 11 is 0. The van der Waals surface area contributed by atoms with Crippen molar-refractivity contribution in [2.45, 2.75) is 64.2 Å². The van der Waals surface area contributed by atoms with Crippen LogP contribution in [0.25, 0.3) is 0 Å². The summed E-state index contributed by atoms with van der Waals surface area (Å²) in [7, 11) is 2.58. The lowest BCUT2D eigenvalue weighted by molar-refractivity contribution is 0.534.